The summed E-state index contributed by atoms with van der Waals surface area (Å²) < 4.78 is 10.7. The van der Waals surface area contributed by atoms with E-state index in [1.807, 2.05) is 29.6 Å². The van der Waals surface area contributed by atoms with Gasteiger partial charge in [0.25, 0.3) is 5.91 Å². The van der Waals surface area contributed by atoms with Crippen molar-refractivity contribution in [3.8, 4) is 22.8 Å². The van der Waals surface area contributed by atoms with Crippen LogP contribution in [-0.2, 0) is 4.79 Å². The van der Waals surface area contributed by atoms with Gasteiger partial charge in [0, 0.05) is 29.0 Å². The number of nitrogens with zero attached hydrogens (tertiary/aromatic N) is 1. The molecule has 2 heterocycles. The monoisotopic (exact) mass is 409 g/mol. The molecule has 1 unspecified atom stereocenters. The third-order valence-corrected chi connectivity index (χ3v) is 5.08. The number of nitrogens with one attached hydrogen (secondary N) is 2. The number of benzene rings is 2. The van der Waals surface area contributed by atoms with Crippen LogP contribution in [-0.4, -0.2) is 29.6 Å². The fourth-order valence-electron chi connectivity index (χ4n) is 2.92. The first-order valence-corrected chi connectivity index (χ1v) is 9.98. The summed E-state index contributed by atoms with van der Waals surface area (Å²) in [5, 5.41) is 7.99. The second-order valence-electron chi connectivity index (χ2n) is 6.60. The van der Waals surface area contributed by atoms with Crippen LogP contribution in [0.15, 0.2) is 53.9 Å². The zero-order valence-electron chi connectivity index (χ0n) is 15.7. The molecule has 0 aliphatic carbocycles. The van der Waals surface area contributed by atoms with Crippen molar-refractivity contribution in [2.45, 2.75) is 19.4 Å². The van der Waals surface area contributed by atoms with Gasteiger partial charge in [-0.1, -0.05) is 18.2 Å². The maximum absolute atomic E-state index is 12.3. The molecule has 0 saturated heterocycles. The zero-order chi connectivity index (χ0) is 20.2. The molecule has 0 fully saturated rings. The van der Waals surface area contributed by atoms with Gasteiger partial charge in [0.2, 0.25) is 12.7 Å². The Bertz CT molecular complexity index is 1040. The van der Waals surface area contributed by atoms with Crippen molar-refractivity contribution < 1.29 is 19.1 Å². The van der Waals surface area contributed by atoms with Crippen LogP contribution < -0.4 is 20.1 Å². The summed E-state index contributed by atoms with van der Waals surface area (Å²) >= 11 is 1.34. The molecular weight excluding hydrogens is 390 g/mol. The molecule has 1 aliphatic heterocycles. The van der Waals surface area contributed by atoms with Crippen molar-refractivity contribution in [3.05, 3.63) is 59.5 Å². The average Bonchev–Trinajstić information content (AvgIpc) is 3.37. The number of anilines is 1. The normalized spacial score (nSPS) is 13.0. The molecular formula is C21H19N3O4S. The van der Waals surface area contributed by atoms with Gasteiger partial charge >= 0.3 is 0 Å². The van der Waals surface area contributed by atoms with E-state index >= 15 is 0 Å². The minimum atomic E-state index is -0.309. The van der Waals surface area contributed by atoms with E-state index in [0.717, 1.165) is 11.3 Å². The Hall–Kier alpha value is -3.39. The molecule has 1 aromatic heterocycles. The van der Waals surface area contributed by atoms with Gasteiger partial charge in [0.15, 0.2) is 16.6 Å². The average molecular weight is 409 g/mol. The van der Waals surface area contributed by atoms with E-state index in [9.17, 15) is 9.59 Å². The SMILES string of the molecule is CC(CC(=O)Nc1nc(-c2ccc3c(c2)OCO3)cs1)NC(=O)c1ccccc1. The van der Waals surface area contributed by atoms with Crippen molar-refractivity contribution in [2.75, 3.05) is 12.1 Å². The van der Waals surface area contributed by atoms with E-state index in [1.165, 1.54) is 11.3 Å². The number of hydrogen-bond acceptors (Lipinski definition) is 6. The van der Waals surface area contributed by atoms with Gasteiger partial charge < -0.3 is 20.1 Å². The van der Waals surface area contributed by atoms with E-state index in [0.29, 0.717) is 22.2 Å². The fourth-order valence-corrected chi connectivity index (χ4v) is 3.65. The molecule has 0 radical (unpaired) electrons. The summed E-state index contributed by atoms with van der Waals surface area (Å²) in [6.45, 7) is 2.01. The van der Waals surface area contributed by atoms with Crippen molar-refractivity contribution in [2.24, 2.45) is 0 Å². The van der Waals surface area contributed by atoms with E-state index in [4.69, 9.17) is 9.47 Å². The second kappa shape index (κ2) is 8.32. The molecule has 7 nitrogen and oxygen atoms in total. The molecule has 29 heavy (non-hydrogen) atoms. The molecule has 2 aromatic carbocycles. The molecule has 0 spiro atoms. The third kappa shape index (κ3) is 4.55. The summed E-state index contributed by atoms with van der Waals surface area (Å²) in [5.74, 6) is 0.982. The number of ether oxygens (including phenoxy) is 2. The zero-order valence-corrected chi connectivity index (χ0v) is 16.5. The number of carbonyl (C=O) groups excluding carboxylic acids is 2. The highest BCUT2D eigenvalue weighted by molar-refractivity contribution is 7.14. The summed E-state index contributed by atoms with van der Waals surface area (Å²) in [7, 11) is 0. The minimum absolute atomic E-state index is 0.150. The fraction of sp³-hybridized carbons (Fsp3) is 0.190. The first kappa shape index (κ1) is 18.9. The van der Waals surface area contributed by atoms with E-state index < -0.39 is 0 Å². The van der Waals surface area contributed by atoms with Crippen LogP contribution in [0.4, 0.5) is 5.13 Å². The van der Waals surface area contributed by atoms with Crippen LogP contribution in [0.2, 0.25) is 0 Å². The van der Waals surface area contributed by atoms with Gasteiger partial charge in [-0.25, -0.2) is 4.98 Å². The smallest absolute Gasteiger partial charge is 0.251 e. The van der Waals surface area contributed by atoms with Gasteiger partial charge in [-0.3, -0.25) is 9.59 Å². The Morgan fingerprint density at radius 2 is 1.93 bits per heavy atom. The first-order chi connectivity index (χ1) is 14.1. The molecule has 1 atom stereocenters. The lowest BCUT2D eigenvalue weighted by atomic mass is 10.1. The molecule has 4 rings (SSSR count). The van der Waals surface area contributed by atoms with Crippen molar-refractivity contribution in [1.82, 2.24) is 10.3 Å². The quantitative estimate of drug-likeness (QED) is 0.648. The Morgan fingerprint density at radius 3 is 2.76 bits per heavy atom. The molecule has 3 aromatic rings. The topological polar surface area (TPSA) is 89.6 Å². The van der Waals surface area contributed by atoms with Gasteiger partial charge in [-0.05, 0) is 37.3 Å². The lowest BCUT2D eigenvalue weighted by Gasteiger charge is -2.13. The number of amides is 2. The van der Waals surface area contributed by atoms with Gasteiger partial charge in [-0.15, -0.1) is 11.3 Å². The predicted molar refractivity (Wildman–Crippen MR) is 110 cm³/mol. The number of carbonyl (C=O) groups is 2. The summed E-state index contributed by atoms with van der Waals surface area (Å²) in [6.07, 6.45) is 0.150. The molecule has 1 aliphatic rings. The summed E-state index contributed by atoms with van der Waals surface area (Å²) in [4.78, 5) is 28.9. The highest BCUT2D eigenvalue weighted by Crippen LogP contribution is 2.36. The number of fused-ring (bicyclic) bond motifs is 1. The van der Waals surface area contributed by atoms with Crippen molar-refractivity contribution in [1.29, 1.82) is 0 Å². The number of rotatable bonds is 6. The van der Waals surface area contributed by atoms with Crippen LogP contribution in [0.25, 0.3) is 11.3 Å². The van der Waals surface area contributed by atoms with Crippen LogP contribution in [0, 0.1) is 0 Å². The number of aromatic nitrogens is 1. The summed E-state index contributed by atoms with van der Waals surface area (Å²) in [6, 6.07) is 14.2. The van der Waals surface area contributed by atoms with Crippen molar-refractivity contribution in [3.63, 3.8) is 0 Å². The van der Waals surface area contributed by atoms with E-state index in [-0.39, 0.29) is 31.1 Å². The Kier molecular flexibility index (Phi) is 5.44. The lowest BCUT2D eigenvalue weighted by molar-refractivity contribution is -0.116. The third-order valence-electron chi connectivity index (χ3n) is 4.32. The number of thiazole rings is 1. The number of hydrogen-bond donors (Lipinski definition) is 2. The van der Waals surface area contributed by atoms with Crippen molar-refractivity contribution >= 4 is 28.3 Å². The van der Waals surface area contributed by atoms with Crippen LogP contribution in [0.5, 0.6) is 11.5 Å². The highest BCUT2D eigenvalue weighted by atomic mass is 32.1. The Morgan fingerprint density at radius 1 is 1.14 bits per heavy atom. The molecule has 2 N–H and O–H groups in total. The van der Waals surface area contributed by atoms with Gasteiger partial charge in [0.05, 0.1) is 5.69 Å². The van der Waals surface area contributed by atoms with Gasteiger partial charge in [0.1, 0.15) is 0 Å². The molecule has 0 bridgehead atoms. The van der Waals surface area contributed by atoms with E-state index in [2.05, 4.69) is 15.6 Å². The largest absolute Gasteiger partial charge is 0.454 e. The van der Waals surface area contributed by atoms with Gasteiger partial charge in [-0.2, -0.15) is 0 Å². The second-order valence-corrected chi connectivity index (χ2v) is 7.46. The Labute approximate surface area is 171 Å². The minimum Gasteiger partial charge on any atom is -0.454 e. The lowest BCUT2D eigenvalue weighted by Crippen LogP contribution is -2.35. The molecule has 0 saturated carbocycles. The van der Waals surface area contributed by atoms with Crippen LogP contribution in [0.1, 0.15) is 23.7 Å². The summed E-state index contributed by atoms with van der Waals surface area (Å²) in [5.41, 5.74) is 2.19. The predicted octanol–water partition coefficient (Wildman–Crippen LogP) is 3.69. The first-order valence-electron chi connectivity index (χ1n) is 9.10. The van der Waals surface area contributed by atoms with Crippen LogP contribution in [0.3, 0.4) is 0 Å². The molecule has 8 heteroatoms. The highest BCUT2D eigenvalue weighted by Gasteiger charge is 2.17. The molecule has 148 valence electrons. The van der Waals surface area contributed by atoms with Crippen LogP contribution >= 0.6 is 11.3 Å². The standard InChI is InChI=1S/C21H19N3O4S/c1-13(22-20(26)14-5-3-2-4-6-14)9-19(25)24-21-23-16(11-29-21)15-7-8-17-18(10-15)28-12-27-17/h2-8,10-11,13H,9,12H2,1H3,(H,22,26)(H,23,24,25). The maximum Gasteiger partial charge on any atom is 0.251 e. The van der Waals surface area contributed by atoms with E-state index in [1.54, 1.807) is 31.2 Å². The molecule has 2 amide bonds. The Balaban J connectivity index is 1.33. The maximum atomic E-state index is 12.3.